The predicted octanol–water partition coefficient (Wildman–Crippen LogP) is 1.80. The Kier molecular flexibility index (Phi) is 5.71. The summed E-state index contributed by atoms with van der Waals surface area (Å²) in [7, 11) is 3.58. The highest BCUT2D eigenvalue weighted by Crippen LogP contribution is 2.18. The van der Waals surface area contributed by atoms with Crippen molar-refractivity contribution in [3.8, 4) is 5.75 Å². The van der Waals surface area contributed by atoms with Crippen LogP contribution in [0.3, 0.4) is 0 Å². The number of nitrogens with one attached hydrogen (secondary N) is 2. The van der Waals surface area contributed by atoms with Crippen molar-refractivity contribution in [3.05, 3.63) is 59.4 Å². The van der Waals surface area contributed by atoms with E-state index >= 15 is 0 Å². The fraction of sp³-hybridized carbons (Fsp3) is 0.278. The Morgan fingerprint density at radius 1 is 1.26 bits per heavy atom. The standard InChI is InChI=1S/C18H21FN2O2/c1-13-7-8-17(23-3)14(9-13)11-21(2)12-18(22)20-16-6-4-5-15(19)10-16/h4-10H,11-12H2,1-3H3,(H,20,22)/p+1. The maximum absolute atomic E-state index is 13.1. The molecule has 0 aliphatic carbocycles. The second kappa shape index (κ2) is 7.74. The summed E-state index contributed by atoms with van der Waals surface area (Å²) in [5.41, 5.74) is 2.68. The molecular weight excluding hydrogens is 295 g/mol. The monoisotopic (exact) mass is 317 g/mol. The van der Waals surface area contributed by atoms with E-state index in [0.29, 0.717) is 12.2 Å². The molecule has 23 heavy (non-hydrogen) atoms. The third kappa shape index (κ3) is 5.07. The van der Waals surface area contributed by atoms with Crippen LogP contribution in [0.4, 0.5) is 10.1 Å². The van der Waals surface area contributed by atoms with E-state index in [1.807, 2.05) is 26.1 Å². The molecule has 2 N–H and O–H groups in total. The molecule has 0 aromatic heterocycles. The number of carbonyl (C=O) groups excluding carboxylic acids is 1. The van der Waals surface area contributed by atoms with Gasteiger partial charge >= 0.3 is 0 Å². The van der Waals surface area contributed by atoms with Crippen molar-refractivity contribution in [1.82, 2.24) is 0 Å². The number of quaternary nitrogens is 1. The van der Waals surface area contributed by atoms with Crippen molar-refractivity contribution in [1.29, 1.82) is 0 Å². The smallest absolute Gasteiger partial charge is 0.279 e. The largest absolute Gasteiger partial charge is 0.496 e. The summed E-state index contributed by atoms with van der Waals surface area (Å²) in [6, 6.07) is 11.9. The summed E-state index contributed by atoms with van der Waals surface area (Å²) in [4.78, 5) is 13.1. The van der Waals surface area contributed by atoms with Gasteiger partial charge in [-0.25, -0.2) is 4.39 Å². The van der Waals surface area contributed by atoms with Gasteiger partial charge in [0.15, 0.2) is 6.54 Å². The fourth-order valence-electron chi connectivity index (χ4n) is 2.48. The Labute approximate surface area is 135 Å². The second-order valence-electron chi connectivity index (χ2n) is 5.68. The minimum atomic E-state index is -0.368. The van der Waals surface area contributed by atoms with E-state index in [0.717, 1.165) is 21.8 Å². The zero-order valence-corrected chi connectivity index (χ0v) is 13.7. The highest BCUT2D eigenvalue weighted by atomic mass is 19.1. The zero-order chi connectivity index (χ0) is 16.8. The first-order valence-electron chi connectivity index (χ1n) is 7.48. The highest BCUT2D eigenvalue weighted by Gasteiger charge is 2.14. The van der Waals surface area contributed by atoms with Crippen LogP contribution < -0.4 is 15.0 Å². The van der Waals surface area contributed by atoms with E-state index in [2.05, 4.69) is 11.4 Å². The molecule has 0 fully saturated rings. The van der Waals surface area contributed by atoms with Crippen LogP contribution in [0.25, 0.3) is 0 Å². The van der Waals surface area contributed by atoms with E-state index in [1.54, 1.807) is 19.2 Å². The Hall–Kier alpha value is -2.40. The molecule has 2 aromatic rings. The number of ether oxygens (including phenoxy) is 1. The number of halogens is 1. The lowest BCUT2D eigenvalue weighted by Crippen LogP contribution is -3.08. The molecule has 0 radical (unpaired) electrons. The lowest BCUT2D eigenvalue weighted by atomic mass is 10.1. The van der Waals surface area contributed by atoms with Gasteiger partial charge < -0.3 is 15.0 Å². The van der Waals surface area contributed by atoms with Gasteiger partial charge in [0.05, 0.1) is 14.2 Å². The topological polar surface area (TPSA) is 42.8 Å². The molecule has 0 aliphatic rings. The van der Waals surface area contributed by atoms with Crippen LogP contribution in [0.1, 0.15) is 11.1 Å². The first-order chi connectivity index (χ1) is 11.0. The molecular formula is C18H22FN2O2+. The van der Waals surface area contributed by atoms with Gasteiger partial charge in [0.2, 0.25) is 0 Å². The molecule has 0 saturated carbocycles. The lowest BCUT2D eigenvalue weighted by Gasteiger charge is -2.16. The summed E-state index contributed by atoms with van der Waals surface area (Å²) in [5, 5.41) is 2.71. The van der Waals surface area contributed by atoms with Crippen molar-refractivity contribution in [3.63, 3.8) is 0 Å². The average Bonchev–Trinajstić information content (AvgIpc) is 2.47. The fourth-order valence-corrected chi connectivity index (χ4v) is 2.48. The number of methoxy groups -OCH3 is 1. The van der Waals surface area contributed by atoms with Gasteiger partial charge in [-0.15, -0.1) is 0 Å². The van der Waals surface area contributed by atoms with Crippen molar-refractivity contribution in [2.45, 2.75) is 13.5 Å². The van der Waals surface area contributed by atoms with Gasteiger partial charge in [0.25, 0.3) is 5.91 Å². The van der Waals surface area contributed by atoms with Gasteiger partial charge in [-0.1, -0.05) is 17.7 Å². The Balaban J connectivity index is 1.95. The molecule has 2 rings (SSSR count). The number of rotatable bonds is 6. The quantitative estimate of drug-likeness (QED) is 0.853. The summed E-state index contributed by atoms with van der Waals surface area (Å²) in [6.07, 6.45) is 0. The minimum absolute atomic E-state index is 0.153. The van der Waals surface area contributed by atoms with E-state index in [-0.39, 0.29) is 18.3 Å². The van der Waals surface area contributed by atoms with Crippen LogP contribution in [0.15, 0.2) is 42.5 Å². The summed E-state index contributed by atoms with van der Waals surface area (Å²) in [6.45, 7) is 2.98. The van der Waals surface area contributed by atoms with Crippen LogP contribution in [0.2, 0.25) is 0 Å². The normalized spacial score (nSPS) is 11.8. The maximum Gasteiger partial charge on any atom is 0.279 e. The van der Waals surface area contributed by atoms with Crippen molar-refractivity contribution in [2.75, 3.05) is 26.0 Å². The van der Waals surface area contributed by atoms with Crippen molar-refractivity contribution in [2.24, 2.45) is 0 Å². The minimum Gasteiger partial charge on any atom is -0.496 e. The Morgan fingerprint density at radius 2 is 2.04 bits per heavy atom. The lowest BCUT2D eigenvalue weighted by molar-refractivity contribution is -0.885. The third-order valence-corrected chi connectivity index (χ3v) is 3.50. The van der Waals surface area contributed by atoms with Gasteiger partial charge in [-0.3, -0.25) is 4.79 Å². The highest BCUT2D eigenvalue weighted by molar-refractivity contribution is 5.91. The Bertz CT molecular complexity index is 688. The first kappa shape index (κ1) is 17.0. The van der Waals surface area contributed by atoms with Gasteiger partial charge in [0, 0.05) is 11.3 Å². The van der Waals surface area contributed by atoms with Crippen LogP contribution in [0.5, 0.6) is 5.75 Å². The van der Waals surface area contributed by atoms with Gasteiger partial charge in [-0.2, -0.15) is 0 Å². The molecule has 0 saturated heterocycles. The van der Waals surface area contributed by atoms with E-state index in [9.17, 15) is 9.18 Å². The molecule has 1 unspecified atom stereocenters. The molecule has 0 aliphatic heterocycles. The number of likely N-dealkylation sites (N-methyl/N-ethyl adjacent to an activating group) is 1. The van der Waals surface area contributed by atoms with E-state index < -0.39 is 0 Å². The predicted molar refractivity (Wildman–Crippen MR) is 88.2 cm³/mol. The molecule has 5 heteroatoms. The molecule has 1 atom stereocenters. The molecule has 2 aromatic carbocycles. The van der Waals surface area contributed by atoms with Crippen LogP contribution in [-0.4, -0.2) is 26.6 Å². The number of hydrogen-bond acceptors (Lipinski definition) is 2. The molecule has 122 valence electrons. The number of aryl methyl sites for hydroxylation is 1. The SMILES string of the molecule is COc1ccc(C)cc1C[NH+](C)CC(=O)Nc1cccc(F)c1. The zero-order valence-electron chi connectivity index (χ0n) is 13.7. The van der Waals surface area contributed by atoms with Gasteiger partial charge in [0.1, 0.15) is 18.1 Å². The molecule has 0 spiro atoms. The third-order valence-electron chi connectivity index (χ3n) is 3.50. The molecule has 0 bridgehead atoms. The molecule has 0 heterocycles. The van der Waals surface area contributed by atoms with Gasteiger partial charge in [-0.05, 0) is 37.3 Å². The van der Waals surface area contributed by atoms with Crippen molar-refractivity contribution < 1.29 is 18.8 Å². The number of hydrogen-bond donors (Lipinski definition) is 2. The maximum atomic E-state index is 13.1. The summed E-state index contributed by atoms with van der Waals surface area (Å²) < 4.78 is 18.5. The molecule has 1 amide bonds. The number of anilines is 1. The summed E-state index contributed by atoms with van der Waals surface area (Å²) in [5.74, 6) is 0.299. The Morgan fingerprint density at radius 3 is 2.74 bits per heavy atom. The summed E-state index contributed by atoms with van der Waals surface area (Å²) >= 11 is 0. The van der Waals surface area contributed by atoms with Crippen LogP contribution in [0, 0.1) is 12.7 Å². The number of carbonyl (C=O) groups is 1. The number of benzene rings is 2. The van der Waals surface area contributed by atoms with Crippen molar-refractivity contribution >= 4 is 11.6 Å². The van der Waals surface area contributed by atoms with Crippen LogP contribution >= 0.6 is 0 Å². The average molecular weight is 317 g/mol. The second-order valence-corrected chi connectivity index (χ2v) is 5.68. The van der Waals surface area contributed by atoms with Crippen LogP contribution in [-0.2, 0) is 11.3 Å². The van der Waals surface area contributed by atoms with E-state index in [1.165, 1.54) is 12.1 Å². The number of amides is 1. The van der Waals surface area contributed by atoms with E-state index in [4.69, 9.17) is 4.74 Å². The first-order valence-corrected chi connectivity index (χ1v) is 7.48. The molecule has 4 nitrogen and oxygen atoms in total.